The third-order valence-electron chi connectivity index (χ3n) is 4.91. The lowest BCUT2D eigenvalue weighted by molar-refractivity contribution is 0.0911. The highest BCUT2D eigenvalue weighted by Crippen LogP contribution is 2.20. The summed E-state index contributed by atoms with van der Waals surface area (Å²) >= 11 is 1.16. The van der Waals surface area contributed by atoms with Crippen LogP contribution in [-0.4, -0.2) is 44.9 Å². The average Bonchev–Trinajstić information content (AvgIpc) is 3.24. The molecular weight excluding hydrogens is 394 g/mol. The van der Waals surface area contributed by atoms with E-state index in [1.165, 1.54) is 12.8 Å². The van der Waals surface area contributed by atoms with Crippen LogP contribution in [-0.2, 0) is 10.0 Å². The lowest BCUT2D eigenvalue weighted by Crippen LogP contribution is -2.44. The second-order valence-electron chi connectivity index (χ2n) is 7.06. The van der Waals surface area contributed by atoms with E-state index < -0.39 is 10.0 Å². The summed E-state index contributed by atoms with van der Waals surface area (Å²) in [5.74, 6) is -0.111. The number of sulfonamides is 1. The minimum atomic E-state index is -3.57. The summed E-state index contributed by atoms with van der Waals surface area (Å²) in [5.41, 5.74) is 0.974. The van der Waals surface area contributed by atoms with Gasteiger partial charge in [-0.2, -0.15) is 0 Å². The lowest BCUT2D eigenvalue weighted by Gasteiger charge is -2.32. The van der Waals surface area contributed by atoms with Crippen LogP contribution in [0.2, 0.25) is 0 Å². The number of hydrogen-bond acceptors (Lipinski definition) is 5. The van der Waals surface area contributed by atoms with Gasteiger partial charge in [0.2, 0.25) is 0 Å². The van der Waals surface area contributed by atoms with Gasteiger partial charge in [-0.15, -0.1) is 11.3 Å². The maximum atomic E-state index is 12.5. The number of carbonyl (C=O) groups is 1. The standard InChI is InChI=1S/C20H27N3O3S2/c1-2-3-12-23-13-10-17(11-14-23)21-20(24)16-6-8-18(9-7-16)22-28(25,26)19-5-4-15-27-19/h4-9,15,17,22H,2-3,10-14H2,1H3,(H,21,24). The monoisotopic (exact) mass is 421 g/mol. The Bertz CT molecular complexity index is 857. The molecule has 0 aliphatic carbocycles. The van der Waals surface area contributed by atoms with E-state index in [9.17, 15) is 13.2 Å². The van der Waals surface area contributed by atoms with Crippen LogP contribution in [0.4, 0.5) is 5.69 Å². The van der Waals surface area contributed by atoms with Crippen molar-refractivity contribution in [3.63, 3.8) is 0 Å². The Morgan fingerprint density at radius 3 is 2.50 bits per heavy atom. The summed E-state index contributed by atoms with van der Waals surface area (Å²) in [7, 11) is -3.57. The zero-order valence-electron chi connectivity index (χ0n) is 16.1. The molecule has 1 aromatic heterocycles. The molecule has 0 radical (unpaired) electrons. The minimum Gasteiger partial charge on any atom is -0.349 e. The van der Waals surface area contributed by atoms with E-state index in [0.29, 0.717) is 11.3 Å². The zero-order valence-corrected chi connectivity index (χ0v) is 17.7. The van der Waals surface area contributed by atoms with Gasteiger partial charge >= 0.3 is 0 Å². The second kappa shape index (κ2) is 9.54. The number of piperidine rings is 1. The van der Waals surface area contributed by atoms with Crippen molar-refractivity contribution in [2.45, 2.75) is 42.9 Å². The summed E-state index contributed by atoms with van der Waals surface area (Å²) in [4.78, 5) is 14.9. The largest absolute Gasteiger partial charge is 0.349 e. The Morgan fingerprint density at radius 2 is 1.89 bits per heavy atom. The molecule has 1 aromatic carbocycles. The van der Waals surface area contributed by atoms with Gasteiger partial charge in [0, 0.05) is 30.4 Å². The summed E-state index contributed by atoms with van der Waals surface area (Å²) in [6.07, 6.45) is 4.36. The maximum Gasteiger partial charge on any atom is 0.271 e. The normalized spacial score (nSPS) is 16.0. The number of anilines is 1. The van der Waals surface area contributed by atoms with Gasteiger partial charge in [-0.1, -0.05) is 19.4 Å². The summed E-state index contributed by atoms with van der Waals surface area (Å²) < 4.78 is 27.3. The zero-order chi connectivity index (χ0) is 20.0. The smallest absolute Gasteiger partial charge is 0.271 e. The molecule has 152 valence electrons. The highest BCUT2D eigenvalue weighted by atomic mass is 32.2. The summed E-state index contributed by atoms with van der Waals surface area (Å²) in [5, 5.41) is 4.82. The molecule has 1 aliphatic heterocycles. The van der Waals surface area contributed by atoms with Crippen LogP contribution in [0.3, 0.4) is 0 Å². The predicted molar refractivity (Wildman–Crippen MR) is 113 cm³/mol. The first-order valence-corrected chi connectivity index (χ1v) is 12.0. The van der Waals surface area contributed by atoms with E-state index in [2.05, 4.69) is 21.9 Å². The van der Waals surface area contributed by atoms with E-state index in [1.807, 2.05) is 0 Å². The van der Waals surface area contributed by atoms with Crippen LogP contribution in [0, 0.1) is 0 Å². The molecule has 2 aromatic rings. The van der Waals surface area contributed by atoms with E-state index in [1.54, 1.807) is 41.8 Å². The molecule has 0 unspecified atom stereocenters. The Labute approximate surface area is 171 Å². The number of carbonyl (C=O) groups excluding carboxylic acids is 1. The molecule has 6 nitrogen and oxygen atoms in total. The Hall–Kier alpha value is -1.90. The van der Waals surface area contributed by atoms with E-state index in [-0.39, 0.29) is 16.2 Å². The van der Waals surface area contributed by atoms with Gasteiger partial charge in [0.15, 0.2) is 0 Å². The molecule has 0 bridgehead atoms. The van der Waals surface area contributed by atoms with Crippen molar-refractivity contribution in [2.75, 3.05) is 24.4 Å². The molecule has 1 fully saturated rings. The molecule has 2 N–H and O–H groups in total. The lowest BCUT2D eigenvalue weighted by atomic mass is 10.0. The van der Waals surface area contributed by atoms with Crippen LogP contribution in [0.1, 0.15) is 43.0 Å². The van der Waals surface area contributed by atoms with Gasteiger partial charge in [-0.05, 0) is 61.5 Å². The molecule has 1 amide bonds. The molecule has 0 saturated carbocycles. The number of amides is 1. The minimum absolute atomic E-state index is 0.111. The Balaban J connectivity index is 1.52. The van der Waals surface area contributed by atoms with Crippen molar-refractivity contribution >= 4 is 33.0 Å². The number of rotatable bonds is 8. The van der Waals surface area contributed by atoms with E-state index >= 15 is 0 Å². The molecule has 8 heteroatoms. The highest BCUT2D eigenvalue weighted by Gasteiger charge is 2.21. The SMILES string of the molecule is CCCCN1CCC(NC(=O)c2ccc(NS(=O)(=O)c3cccs3)cc2)CC1. The van der Waals surface area contributed by atoms with Gasteiger partial charge in [-0.25, -0.2) is 8.42 Å². The fourth-order valence-electron chi connectivity index (χ4n) is 3.26. The van der Waals surface area contributed by atoms with Crippen molar-refractivity contribution in [1.82, 2.24) is 10.2 Å². The fraction of sp³-hybridized carbons (Fsp3) is 0.450. The first kappa shape index (κ1) is 20.8. The number of likely N-dealkylation sites (tertiary alicyclic amines) is 1. The van der Waals surface area contributed by atoms with Crippen LogP contribution in [0.5, 0.6) is 0 Å². The third kappa shape index (κ3) is 5.56. The summed E-state index contributed by atoms with van der Waals surface area (Å²) in [6.45, 7) is 5.38. The molecule has 1 saturated heterocycles. The van der Waals surface area contributed by atoms with Crippen molar-refractivity contribution in [2.24, 2.45) is 0 Å². The molecule has 1 aliphatic rings. The van der Waals surface area contributed by atoms with E-state index in [4.69, 9.17) is 0 Å². The third-order valence-corrected chi connectivity index (χ3v) is 7.69. The number of hydrogen-bond donors (Lipinski definition) is 2. The van der Waals surface area contributed by atoms with E-state index in [0.717, 1.165) is 43.8 Å². The average molecular weight is 422 g/mol. The maximum absolute atomic E-state index is 12.5. The summed E-state index contributed by atoms with van der Waals surface area (Å²) in [6, 6.07) is 9.99. The van der Waals surface area contributed by atoms with Crippen LogP contribution >= 0.6 is 11.3 Å². The fourth-order valence-corrected chi connectivity index (χ4v) is 5.31. The van der Waals surface area contributed by atoms with Gasteiger partial charge in [0.25, 0.3) is 15.9 Å². The molecule has 0 atom stereocenters. The van der Waals surface area contributed by atoms with Gasteiger partial charge < -0.3 is 10.2 Å². The van der Waals surface area contributed by atoms with Gasteiger partial charge in [-0.3, -0.25) is 9.52 Å². The van der Waals surface area contributed by atoms with Crippen molar-refractivity contribution in [1.29, 1.82) is 0 Å². The van der Waals surface area contributed by atoms with Crippen molar-refractivity contribution < 1.29 is 13.2 Å². The predicted octanol–water partition coefficient (Wildman–Crippen LogP) is 3.54. The molecule has 28 heavy (non-hydrogen) atoms. The van der Waals surface area contributed by atoms with Crippen molar-refractivity contribution in [3.05, 3.63) is 47.3 Å². The number of benzene rings is 1. The number of nitrogens with zero attached hydrogens (tertiary/aromatic N) is 1. The van der Waals surface area contributed by atoms with Crippen LogP contribution in [0.25, 0.3) is 0 Å². The molecule has 0 spiro atoms. The topological polar surface area (TPSA) is 78.5 Å². The first-order chi connectivity index (χ1) is 13.5. The number of nitrogens with one attached hydrogen (secondary N) is 2. The van der Waals surface area contributed by atoms with Crippen molar-refractivity contribution in [3.8, 4) is 0 Å². The van der Waals surface area contributed by atoms with Gasteiger partial charge in [0.05, 0.1) is 0 Å². The molecule has 2 heterocycles. The van der Waals surface area contributed by atoms with Gasteiger partial charge in [0.1, 0.15) is 4.21 Å². The quantitative estimate of drug-likeness (QED) is 0.683. The Kier molecular flexibility index (Phi) is 7.09. The number of thiophene rings is 1. The number of unbranched alkanes of at least 4 members (excludes halogenated alkanes) is 1. The van der Waals surface area contributed by atoms with Crippen LogP contribution in [0.15, 0.2) is 46.0 Å². The van der Waals surface area contributed by atoms with Crippen LogP contribution < -0.4 is 10.0 Å². The molecule has 3 rings (SSSR count). The Morgan fingerprint density at radius 1 is 1.18 bits per heavy atom. The second-order valence-corrected chi connectivity index (χ2v) is 9.91. The highest BCUT2D eigenvalue weighted by molar-refractivity contribution is 7.94. The first-order valence-electron chi connectivity index (χ1n) is 9.67. The molecular formula is C20H27N3O3S2.